The molecule has 1 aliphatic rings. The second kappa shape index (κ2) is 6.45. The number of anilines is 1. The van der Waals surface area contributed by atoms with Gasteiger partial charge in [-0.2, -0.15) is 0 Å². The van der Waals surface area contributed by atoms with E-state index in [0.29, 0.717) is 18.7 Å². The van der Waals surface area contributed by atoms with Crippen LogP contribution in [0.3, 0.4) is 0 Å². The number of ether oxygens (including phenoxy) is 1. The van der Waals surface area contributed by atoms with Gasteiger partial charge in [0.25, 0.3) is 0 Å². The molecule has 1 amide bonds. The van der Waals surface area contributed by atoms with Crippen LogP contribution in [0.1, 0.15) is 39.3 Å². The number of hydrogen-bond donors (Lipinski definition) is 2. The summed E-state index contributed by atoms with van der Waals surface area (Å²) in [6, 6.07) is 5.99. The molecule has 0 aromatic heterocycles. The molecule has 1 aliphatic heterocycles. The number of carbonyl (C=O) groups is 1. The lowest BCUT2D eigenvalue weighted by Crippen LogP contribution is -2.39. The quantitative estimate of drug-likeness (QED) is 0.842. The van der Waals surface area contributed by atoms with Crippen molar-refractivity contribution in [3.63, 3.8) is 0 Å². The van der Waals surface area contributed by atoms with Crippen molar-refractivity contribution < 1.29 is 9.53 Å². The van der Waals surface area contributed by atoms with Gasteiger partial charge in [0.2, 0.25) is 5.91 Å². The fraction of sp³-hybridized carbons (Fsp3) is 0.562. The number of fused-ring (bicyclic) bond motifs is 1. The first-order chi connectivity index (χ1) is 9.90. The predicted molar refractivity (Wildman–Crippen MR) is 84.5 cm³/mol. The van der Waals surface area contributed by atoms with E-state index >= 15 is 0 Å². The van der Waals surface area contributed by atoms with Crippen molar-refractivity contribution in [2.24, 2.45) is 5.73 Å². The van der Waals surface area contributed by atoms with Crippen molar-refractivity contribution in [3.8, 4) is 5.75 Å². The number of benzene rings is 1. The number of nitrogens with one attached hydrogen (secondary N) is 1. The molecule has 1 atom stereocenters. The lowest BCUT2D eigenvalue weighted by Gasteiger charge is -2.30. The normalized spacial score (nSPS) is 17.5. The molecule has 21 heavy (non-hydrogen) atoms. The Labute approximate surface area is 126 Å². The first-order valence-electron chi connectivity index (χ1n) is 7.49. The summed E-state index contributed by atoms with van der Waals surface area (Å²) in [5.41, 5.74) is 7.38. The average Bonchev–Trinajstić information content (AvgIpc) is 2.69. The fourth-order valence-corrected chi connectivity index (χ4v) is 2.74. The third-order valence-electron chi connectivity index (χ3n) is 3.84. The SMILES string of the molecule is CC(C)N(CCOc1ccc2c(c1)NC(=O)C2N)C(C)C. The second-order valence-corrected chi connectivity index (χ2v) is 5.99. The van der Waals surface area contributed by atoms with Crippen LogP contribution in [-0.4, -0.2) is 36.0 Å². The van der Waals surface area contributed by atoms with Crippen molar-refractivity contribution in [2.75, 3.05) is 18.5 Å². The number of nitrogens with zero attached hydrogens (tertiary/aromatic N) is 1. The summed E-state index contributed by atoms with van der Waals surface area (Å²) >= 11 is 0. The van der Waals surface area contributed by atoms with E-state index < -0.39 is 6.04 Å². The van der Waals surface area contributed by atoms with Crippen molar-refractivity contribution in [3.05, 3.63) is 23.8 Å². The highest BCUT2D eigenvalue weighted by Gasteiger charge is 2.27. The van der Waals surface area contributed by atoms with E-state index in [9.17, 15) is 4.79 Å². The van der Waals surface area contributed by atoms with Crippen LogP contribution in [0.15, 0.2) is 18.2 Å². The van der Waals surface area contributed by atoms with Gasteiger partial charge in [-0.25, -0.2) is 0 Å². The van der Waals surface area contributed by atoms with Gasteiger partial charge in [-0.15, -0.1) is 0 Å². The van der Waals surface area contributed by atoms with Crippen LogP contribution in [0, 0.1) is 0 Å². The topological polar surface area (TPSA) is 67.6 Å². The highest BCUT2D eigenvalue weighted by Crippen LogP contribution is 2.32. The Morgan fingerprint density at radius 3 is 2.57 bits per heavy atom. The zero-order valence-electron chi connectivity index (χ0n) is 13.2. The molecule has 1 heterocycles. The molecular weight excluding hydrogens is 266 g/mol. The lowest BCUT2D eigenvalue weighted by molar-refractivity contribution is -0.116. The summed E-state index contributed by atoms with van der Waals surface area (Å²) in [5, 5.41) is 2.77. The molecule has 0 radical (unpaired) electrons. The highest BCUT2D eigenvalue weighted by atomic mass is 16.5. The van der Waals surface area contributed by atoms with Crippen LogP contribution in [-0.2, 0) is 4.79 Å². The minimum Gasteiger partial charge on any atom is -0.492 e. The Balaban J connectivity index is 1.93. The molecule has 116 valence electrons. The third-order valence-corrected chi connectivity index (χ3v) is 3.84. The zero-order chi connectivity index (χ0) is 15.6. The number of hydrogen-bond acceptors (Lipinski definition) is 4. The smallest absolute Gasteiger partial charge is 0.245 e. The zero-order valence-corrected chi connectivity index (χ0v) is 13.2. The summed E-state index contributed by atoms with van der Waals surface area (Å²) in [7, 11) is 0. The van der Waals surface area contributed by atoms with Gasteiger partial charge in [-0.05, 0) is 33.8 Å². The van der Waals surface area contributed by atoms with Crippen molar-refractivity contribution in [2.45, 2.75) is 45.8 Å². The van der Waals surface area contributed by atoms with Crippen LogP contribution in [0.4, 0.5) is 5.69 Å². The van der Waals surface area contributed by atoms with E-state index in [2.05, 4.69) is 37.9 Å². The fourth-order valence-electron chi connectivity index (χ4n) is 2.74. The Kier molecular flexibility index (Phi) is 4.85. The maximum absolute atomic E-state index is 11.5. The van der Waals surface area contributed by atoms with Crippen LogP contribution in [0.5, 0.6) is 5.75 Å². The molecule has 1 unspecified atom stereocenters. The molecule has 5 nitrogen and oxygen atoms in total. The summed E-state index contributed by atoms with van der Waals surface area (Å²) < 4.78 is 5.80. The maximum atomic E-state index is 11.5. The van der Waals surface area contributed by atoms with Gasteiger partial charge in [0, 0.05) is 35.9 Å². The van der Waals surface area contributed by atoms with E-state index in [-0.39, 0.29) is 5.91 Å². The summed E-state index contributed by atoms with van der Waals surface area (Å²) in [6.07, 6.45) is 0. The Morgan fingerprint density at radius 1 is 1.29 bits per heavy atom. The molecule has 0 saturated heterocycles. The van der Waals surface area contributed by atoms with Gasteiger partial charge >= 0.3 is 0 Å². The summed E-state index contributed by atoms with van der Waals surface area (Å²) in [5.74, 6) is 0.601. The van der Waals surface area contributed by atoms with Crippen molar-refractivity contribution in [1.29, 1.82) is 0 Å². The van der Waals surface area contributed by atoms with Gasteiger partial charge in [-0.1, -0.05) is 6.07 Å². The largest absolute Gasteiger partial charge is 0.492 e. The number of carbonyl (C=O) groups excluding carboxylic acids is 1. The summed E-state index contributed by atoms with van der Waals surface area (Å²) in [6.45, 7) is 10.2. The molecule has 0 bridgehead atoms. The second-order valence-electron chi connectivity index (χ2n) is 5.99. The molecule has 0 spiro atoms. The van der Waals surface area contributed by atoms with Crippen LogP contribution in [0.25, 0.3) is 0 Å². The van der Waals surface area contributed by atoms with Gasteiger partial charge < -0.3 is 15.8 Å². The van der Waals surface area contributed by atoms with E-state index in [1.54, 1.807) is 0 Å². The van der Waals surface area contributed by atoms with Gasteiger partial charge in [0.05, 0.1) is 0 Å². The highest BCUT2D eigenvalue weighted by molar-refractivity contribution is 6.02. The molecule has 0 saturated carbocycles. The summed E-state index contributed by atoms with van der Waals surface area (Å²) in [4.78, 5) is 13.9. The third kappa shape index (κ3) is 3.54. The van der Waals surface area contributed by atoms with E-state index in [4.69, 9.17) is 10.5 Å². The first kappa shape index (κ1) is 15.8. The molecule has 5 heteroatoms. The molecule has 1 aromatic rings. The van der Waals surface area contributed by atoms with Crippen LogP contribution < -0.4 is 15.8 Å². The standard InChI is InChI=1S/C16H25N3O2/c1-10(2)19(11(3)4)7-8-21-12-5-6-13-14(9-12)18-16(20)15(13)17/h5-6,9-11,15H,7-8,17H2,1-4H3,(H,18,20). The minimum atomic E-state index is -0.563. The lowest BCUT2D eigenvalue weighted by atomic mass is 10.1. The number of nitrogens with two attached hydrogens (primary N) is 1. The Bertz CT molecular complexity index is 506. The minimum absolute atomic E-state index is 0.159. The first-order valence-corrected chi connectivity index (χ1v) is 7.49. The van der Waals surface area contributed by atoms with E-state index in [1.807, 2.05) is 18.2 Å². The monoisotopic (exact) mass is 291 g/mol. The molecule has 0 fully saturated rings. The van der Waals surface area contributed by atoms with E-state index in [1.165, 1.54) is 0 Å². The van der Waals surface area contributed by atoms with Crippen molar-refractivity contribution in [1.82, 2.24) is 4.90 Å². The van der Waals surface area contributed by atoms with Gasteiger partial charge in [-0.3, -0.25) is 9.69 Å². The Hall–Kier alpha value is -1.59. The van der Waals surface area contributed by atoms with Crippen molar-refractivity contribution >= 4 is 11.6 Å². The molecule has 3 N–H and O–H groups in total. The predicted octanol–water partition coefficient (Wildman–Crippen LogP) is 2.14. The molecule has 2 rings (SSSR count). The number of rotatable bonds is 6. The molecule has 0 aliphatic carbocycles. The maximum Gasteiger partial charge on any atom is 0.245 e. The van der Waals surface area contributed by atoms with Gasteiger partial charge in [0.15, 0.2) is 0 Å². The number of amides is 1. The average molecular weight is 291 g/mol. The van der Waals surface area contributed by atoms with Gasteiger partial charge in [0.1, 0.15) is 18.4 Å². The Morgan fingerprint density at radius 2 is 1.95 bits per heavy atom. The molecule has 1 aromatic carbocycles. The van der Waals surface area contributed by atoms with E-state index in [0.717, 1.165) is 23.5 Å². The molecular formula is C16H25N3O2. The van der Waals surface area contributed by atoms with Crippen LogP contribution >= 0.6 is 0 Å². The van der Waals surface area contributed by atoms with Crippen LogP contribution in [0.2, 0.25) is 0 Å².